The number of aliphatic imine (C=N–C) groups is 1. The Morgan fingerprint density at radius 3 is 2.67 bits per heavy atom. The van der Waals surface area contributed by atoms with E-state index in [1.807, 2.05) is 7.05 Å². The number of piperidine rings is 1. The van der Waals surface area contributed by atoms with Crippen LogP contribution in [0.5, 0.6) is 0 Å². The highest BCUT2D eigenvalue weighted by atomic mass is 15.3. The Labute approximate surface area is 113 Å². The molecule has 0 radical (unpaired) electrons. The van der Waals surface area contributed by atoms with Crippen molar-refractivity contribution in [3.63, 3.8) is 0 Å². The molecule has 1 aliphatic heterocycles. The zero-order valence-corrected chi connectivity index (χ0v) is 12.9. The van der Waals surface area contributed by atoms with Crippen LogP contribution in [0, 0.1) is 11.3 Å². The summed E-state index contributed by atoms with van der Waals surface area (Å²) in [6, 6.07) is 0. The molecular formula is C15H31N3. The summed E-state index contributed by atoms with van der Waals surface area (Å²) in [5.41, 5.74) is 0.435. The maximum Gasteiger partial charge on any atom is 0.193 e. The monoisotopic (exact) mass is 253 g/mol. The van der Waals surface area contributed by atoms with E-state index in [2.05, 4.69) is 42.9 Å². The number of likely N-dealkylation sites (tertiary alicyclic amines) is 1. The van der Waals surface area contributed by atoms with Crippen LogP contribution in [0.15, 0.2) is 4.99 Å². The third kappa shape index (κ3) is 5.74. The molecule has 0 aromatic carbocycles. The van der Waals surface area contributed by atoms with E-state index in [0.29, 0.717) is 5.41 Å². The van der Waals surface area contributed by atoms with Crippen molar-refractivity contribution in [1.82, 2.24) is 10.2 Å². The second-order valence-corrected chi connectivity index (χ2v) is 6.83. The average Bonchev–Trinajstić information content (AvgIpc) is 2.27. The van der Waals surface area contributed by atoms with Crippen molar-refractivity contribution in [3.05, 3.63) is 0 Å². The Balaban J connectivity index is 2.30. The average molecular weight is 253 g/mol. The minimum Gasteiger partial charge on any atom is -0.356 e. The topological polar surface area (TPSA) is 27.6 Å². The number of nitrogens with zero attached hydrogens (tertiary/aromatic N) is 2. The van der Waals surface area contributed by atoms with E-state index in [4.69, 9.17) is 0 Å². The standard InChI is InChI=1S/C15H31N3/c1-13-8-6-11-18(12-13)14(16-5)17-10-7-9-15(2,3)4/h13H,6-12H2,1-5H3,(H,16,17). The molecule has 1 fully saturated rings. The molecule has 0 aromatic rings. The molecule has 0 bridgehead atoms. The number of guanidine groups is 1. The number of nitrogens with one attached hydrogen (secondary N) is 1. The smallest absolute Gasteiger partial charge is 0.193 e. The molecule has 1 atom stereocenters. The highest BCUT2D eigenvalue weighted by Gasteiger charge is 2.19. The van der Waals surface area contributed by atoms with E-state index in [1.165, 1.54) is 25.7 Å². The summed E-state index contributed by atoms with van der Waals surface area (Å²) in [6.07, 6.45) is 5.13. The van der Waals surface area contributed by atoms with Crippen LogP contribution < -0.4 is 5.32 Å². The van der Waals surface area contributed by atoms with Crippen molar-refractivity contribution in [2.24, 2.45) is 16.3 Å². The first-order valence-electron chi connectivity index (χ1n) is 7.38. The van der Waals surface area contributed by atoms with Crippen LogP contribution in [-0.4, -0.2) is 37.5 Å². The van der Waals surface area contributed by atoms with Crippen molar-refractivity contribution >= 4 is 5.96 Å². The van der Waals surface area contributed by atoms with Crippen LogP contribution in [0.2, 0.25) is 0 Å². The minimum atomic E-state index is 0.435. The Kier molecular flexibility index (Phi) is 5.97. The molecule has 0 amide bonds. The van der Waals surface area contributed by atoms with Crippen molar-refractivity contribution in [1.29, 1.82) is 0 Å². The molecule has 106 valence electrons. The highest BCUT2D eigenvalue weighted by molar-refractivity contribution is 5.79. The van der Waals surface area contributed by atoms with Gasteiger partial charge < -0.3 is 10.2 Å². The summed E-state index contributed by atoms with van der Waals surface area (Å²) in [7, 11) is 1.89. The predicted molar refractivity (Wildman–Crippen MR) is 80.0 cm³/mol. The van der Waals surface area contributed by atoms with Gasteiger partial charge in [-0.3, -0.25) is 4.99 Å². The van der Waals surface area contributed by atoms with E-state index in [0.717, 1.165) is 31.5 Å². The molecule has 3 heteroatoms. The Bertz CT molecular complexity index is 265. The highest BCUT2D eigenvalue weighted by Crippen LogP contribution is 2.20. The maximum atomic E-state index is 4.41. The van der Waals surface area contributed by atoms with Crippen molar-refractivity contribution in [2.45, 2.75) is 53.4 Å². The lowest BCUT2D eigenvalue weighted by Crippen LogP contribution is -2.46. The lowest BCUT2D eigenvalue weighted by molar-refractivity contribution is 0.265. The first-order chi connectivity index (χ1) is 8.42. The quantitative estimate of drug-likeness (QED) is 0.475. The maximum absolute atomic E-state index is 4.41. The van der Waals surface area contributed by atoms with Gasteiger partial charge in [0.1, 0.15) is 0 Å². The molecule has 0 saturated carbocycles. The predicted octanol–water partition coefficient (Wildman–Crippen LogP) is 3.12. The van der Waals surface area contributed by atoms with Gasteiger partial charge in [-0.1, -0.05) is 27.7 Å². The summed E-state index contributed by atoms with van der Waals surface area (Å²) < 4.78 is 0. The van der Waals surface area contributed by atoms with E-state index in [-0.39, 0.29) is 0 Å². The van der Waals surface area contributed by atoms with Gasteiger partial charge in [-0.05, 0) is 37.0 Å². The van der Waals surface area contributed by atoms with Gasteiger partial charge in [-0.2, -0.15) is 0 Å². The lowest BCUT2D eigenvalue weighted by atomic mass is 9.91. The molecule has 1 rings (SSSR count). The Morgan fingerprint density at radius 2 is 2.11 bits per heavy atom. The first kappa shape index (κ1) is 15.3. The molecule has 1 N–H and O–H groups in total. The molecular weight excluding hydrogens is 222 g/mol. The molecule has 0 aromatic heterocycles. The fourth-order valence-electron chi connectivity index (χ4n) is 2.53. The second kappa shape index (κ2) is 7.01. The summed E-state index contributed by atoms with van der Waals surface area (Å²) in [4.78, 5) is 6.82. The van der Waals surface area contributed by atoms with Gasteiger partial charge in [0.2, 0.25) is 0 Å². The third-order valence-corrected chi connectivity index (χ3v) is 3.56. The molecule has 3 nitrogen and oxygen atoms in total. The van der Waals surface area contributed by atoms with Gasteiger partial charge in [0, 0.05) is 26.7 Å². The third-order valence-electron chi connectivity index (χ3n) is 3.56. The van der Waals surface area contributed by atoms with Gasteiger partial charge in [0.15, 0.2) is 5.96 Å². The SMILES string of the molecule is CN=C(NCCCC(C)(C)C)N1CCCC(C)C1. The van der Waals surface area contributed by atoms with Crippen LogP contribution in [0.4, 0.5) is 0 Å². The van der Waals surface area contributed by atoms with Crippen LogP contribution in [-0.2, 0) is 0 Å². The zero-order valence-electron chi connectivity index (χ0n) is 12.9. The molecule has 1 saturated heterocycles. The fraction of sp³-hybridized carbons (Fsp3) is 0.933. The Hall–Kier alpha value is -0.730. The normalized spacial score (nSPS) is 22.2. The molecule has 0 aliphatic carbocycles. The second-order valence-electron chi connectivity index (χ2n) is 6.83. The zero-order chi connectivity index (χ0) is 13.6. The van der Waals surface area contributed by atoms with Crippen LogP contribution in [0.1, 0.15) is 53.4 Å². The first-order valence-corrected chi connectivity index (χ1v) is 7.38. The van der Waals surface area contributed by atoms with Crippen molar-refractivity contribution in [3.8, 4) is 0 Å². The van der Waals surface area contributed by atoms with Crippen LogP contribution in [0.25, 0.3) is 0 Å². The van der Waals surface area contributed by atoms with E-state index < -0.39 is 0 Å². The van der Waals surface area contributed by atoms with Crippen LogP contribution in [0.3, 0.4) is 0 Å². The van der Waals surface area contributed by atoms with Gasteiger partial charge in [-0.25, -0.2) is 0 Å². The summed E-state index contributed by atoms with van der Waals surface area (Å²) >= 11 is 0. The molecule has 0 spiro atoms. The van der Waals surface area contributed by atoms with Gasteiger partial charge in [-0.15, -0.1) is 0 Å². The molecule has 18 heavy (non-hydrogen) atoms. The molecule has 1 aliphatic rings. The summed E-state index contributed by atoms with van der Waals surface area (Å²) in [6.45, 7) is 12.6. The van der Waals surface area contributed by atoms with Gasteiger partial charge >= 0.3 is 0 Å². The minimum absolute atomic E-state index is 0.435. The number of hydrogen-bond acceptors (Lipinski definition) is 1. The summed E-state index contributed by atoms with van der Waals surface area (Å²) in [5, 5.41) is 3.51. The largest absolute Gasteiger partial charge is 0.356 e. The summed E-state index contributed by atoms with van der Waals surface area (Å²) in [5.74, 6) is 1.89. The number of rotatable bonds is 3. The molecule has 1 unspecified atom stereocenters. The Morgan fingerprint density at radius 1 is 1.39 bits per heavy atom. The van der Waals surface area contributed by atoms with Crippen molar-refractivity contribution < 1.29 is 0 Å². The van der Waals surface area contributed by atoms with E-state index >= 15 is 0 Å². The van der Waals surface area contributed by atoms with E-state index in [1.54, 1.807) is 0 Å². The van der Waals surface area contributed by atoms with Crippen molar-refractivity contribution in [2.75, 3.05) is 26.7 Å². The van der Waals surface area contributed by atoms with Crippen LogP contribution >= 0.6 is 0 Å². The van der Waals surface area contributed by atoms with Gasteiger partial charge in [0.25, 0.3) is 0 Å². The van der Waals surface area contributed by atoms with E-state index in [9.17, 15) is 0 Å². The fourth-order valence-corrected chi connectivity index (χ4v) is 2.53. The number of hydrogen-bond donors (Lipinski definition) is 1. The van der Waals surface area contributed by atoms with Gasteiger partial charge in [0.05, 0.1) is 0 Å². The lowest BCUT2D eigenvalue weighted by Gasteiger charge is -2.33. The molecule has 1 heterocycles.